The van der Waals surface area contributed by atoms with E-state index in [0.717, 1.165) is 17.2 Å². The second-order valence-electron chi connectivity index (χ2n) is 5.76. The lowest BCUT2D eigenvalue weighted by atomic mass is 9.83. The highest BCUT2D eigenvalue weighted by Gasteiger charge is 2.25. The van der Waals surface area contributed by atoms with Crippen LogP contribution < -0.4 is 5.32 Å². The van der Waals surface area contributed by atoms with Gasteiger partial charge in [0.15, 0.2) is 0 Å². The number of hydrogen-bond acceptors (Lipinski definition) is 2. The van der Waals surface area contributed by atoms with Crippen molar-refractivity contribution in [2.75, 3.05) is 6.54 Å². The van der Waals surface area contributed by atoms with E-state index in [1.165, 1.54) is 42.4 Å². The Hall–Kier alpha value is -0.930. The van der Waals surface area contributed by atoms with Gasteiger partial charge in [-0.05, 0) is 48.9 Å². The smallest absolute Gasteiger partial charge is 0.124 e. The van der Waals surface area contributed by atoms with Crippen LogP contribution >= 0.6 is 11.3 Å². The van der Waals surface area contributed by atoms with Gasteiger partial charge in [0.2, 0.25) is 0 Å². The molecule has 20 heavy (non-hydrogen) atoms. The monoisotopic (exact) mass is 291 g/mol. The van der Waals surface area contributed by atoms with Crippen molar-refractivity contribution in [2.45, 2.75) is 45.1 Å². The summed E-state index contributed by atoms with van der Waals surface area (Å²) in [6, 6.07) is 7.81. The van der Waals surface area contributed by atoms with Crippen LogP contribution in [0.2, 0.25) is 0 Å². The third kappa shape index (κ3) is 2.89. The Balaban J connectivity index is 1.91. The molecule has 1 fully saturated rings. The minimum absolute atomic E-state index is 0.136. The first-order chi connectivity index (χ1) is 9.78. The van der Waals surface area contributed by atoms with E-state index in [0.29, 0.717) is 6.04 Å². The molecule has 1 atom stereocenters. The molecule has 1 heterocycles. The second kappa shape index (κ2) is 6.23. The van der Waals surface area contributed by atoms with Crippen LogP contribution in [0.3, 0.4) is 0 Å². The van der Waals surface area contributed by atoms with Gasteiger partial charge in [0.25, 0.3) is 0 Å². The Morgan fingerprint density at radius 2 is 2.05 bits per heavy atom. The van der Waals surface area contributed by atoms with Crippen molar-refractivity contribution in [1.29, 1.82) is 0 Å². The molecule has 0 saturated heterocycles. The molecule has 1 aromatic heterocycles. The van der Waals surface area contributed by atoms with E-state index in [4.69, 9.17) is 0 Å². The van der Waals surface area contributed by atoms with Gasteiger partial charge in [-0.15, -0.1) is 11.3 Å². The van der Waals surface area contributed by atoms with E-state index in [9.17, 15) is 4.39 Å². The van der Waals surface area contributed by atoms with Crippen LogP contribution in [0.4, 0.5) is 4.39 Å². The van der Waals surface area contributed by atoms with Gasteiger partial charge in [0.1, 0.15) is 5.82 Å². The highest BCUT2D eigenvalue weighted by atomic mass is 32.1. The first-order valence-corrected chi connectivity index (χ1v) is 8.52. The van der Waals surface area contributed by atoms with Crippen LogP contribution in [-0.2, 0) is 0 Å². The van der Waals surface area contributed by atoms with E-state index in [1.54, 1.807) is 23.5 Å². The summed E-state index contributed by atoms with van der Waals surface area (Å²) in [5.74, 6) is 0.602. The maximum Gasteiger partial charge on any atom is 0.124 e. The van der Waals surface area contributed by atoms with Crippen molar-refractivity contribution in [2.24, 2.45) is 5.92 Å². The molecule has 3 heteroatoms. The summed E-state index contributed by atoms with van der Waals surface area (Å²) >= 11 is 1.75. The zero-order chi connectivity index (χ0) is 13.9. The van der Waals surface area contributed by atoms with Crippen molar-refractivity contribution in [3.05, 3.63) is 35.0 Å². The lowest BCUT2D eigenvalue weighted by Crippen LogP contribution is -2.28. The molecule has 1 nitrogen and oxygen atoms in total. The molecule has 108 valence electrons. The minimum Gasteiger partial charge on any atom is -0.309 e. The highest BCUT2D eigenvalue weighted by molar-refractivity contribution is 7.19. The number of thiophene rings is 1. The molecule has 1 aliphatic rings. The summed E-state index contributed by atoms with van der Waals surface area (Å²) in [6.45, 7) is 3.16. The van der Waals surface area contributed by atoms with E-state index >= 15 is 0 Å². The van der Waals surface area contributed by atoms with Crippen molar-refractivity contribution in [3.8, 4) is 0 Å². The molecular formula is C17H22FNS. The molecule has 1 unspecified atom stereocenters. The summed E-state index contributed by atoms with van der Waals surface area (Å²) in [5.41, 5.74) is 0. The number of hydrogen-bond donors (Lipinski definition) is 1. The van der Waals surface area contributed by atoms with Crippen LogP contribution in [0.1, 0.15) is 49.9 Å². The standard InChI is InChI=1S/C17H22FNS/c1-2-19-17(12-6-4-3-5-7-12)16-10-13-8-9-14(18)11-15(13)20-16/h8-12,17,19H,2-7H2,1H3. The Kier molecular flexibility index (Phi) is 4.37. The van der Waals surface area contributed by atoms with E-state index < -0.39 is 0 Å². The predicted molar refractivity (Wildman–Crippen MR) is 84.8 cm³/mol. The van der Waals surface area contributed by atoms with Gasteiger partial charge in [-0.3, -0.25) is 0 Å². The summed E-state index contributed by atoms with van der Waals surface area (Å²) in [7, 11) is 0. The normalized spacial score (nSPS) is 18.5. The third-order valence-electron chi connectivity index (χ3n) is 4.35. The average molecular weight is 291 g/mol. The van der Waals surface area contributed by atoms with E-state index in [2.05, 4.69) is 18.3 Å². The fraction of sp³-hybridized carbons (Fsp3) is 0.529. The Labute approximate surface area is 124 Å². The van der Waals surface area contributed by atoms with Crippen molar-refractivity contribution in [3.63, 3.8) is 0 Å². The van der Waals surface area contributed by atoms with Crippen LogP contribution in [0.15, 0.2) is 24.3 Å². The summed E-state index contributed by atoms with van der Waals surface area (Å²) in [6.07, 6.45) is 6.73. The topological polar surface area (TPSA) is 12.0 Å². The number of halogens is 1. The zero-order valence-electron chi connectivity index (χ0n) is 12.0. The lowest BCUT2D eigenvalue weighted by Gasteiger charge is -2.30. The van der Waals surface area contributed by atoms with Gasteiger partial charge in [0.05, 0.1) is 0 Å². The molecule has 0 aliphatic heterocycles. The number of benzene rings is 1. The SMILES string of the molecule is CCNC(c1cc2ccc(F)cc2s1)C1CCCCC1. The molecule has 1 aliphatic carbocycles. The lowest BCUT2D eigenvalue weighted by molar-refractivity contribution is 0.277. The maximum absolute atomic E-state index is 13.3. The van der Waals surface area contributed by atoms with Crippen molar-refractivity contribution < 1.29 is 4.39 Å². The van der Waals surface area contributed by atoms with Gasteiger partial charge in [0, 0.05) is 15.6 Å². The minimum atomic E-state index is -0.136. The van der Waals surface area contributed by atoms with E-state index in [-0.39, 0.29) is 5.82 Å². The molecule has 3 rings (SSSR count). The Bertz CT molecular complexity index is 571. The molecule has 0 spiro atoms. The molecule has 1 N–H and O–H groups in total. The average Bonchev–Trinajstić information content (AvgIpc) is 2.88. The second-order valence-corrected chi connectivity index (χ2v) is 6.88. The van der Waals surface area contributed by atoms with Crippen LogP contribution in [0, 0.1) is 11.7 Å². The predicted octanol–water partition coefficient (Wildman–Crippen LogP) is 5.27. The molecule has 0 bridgehead atoms. The van der Waals surface area contributed by atoms with Gasteiger partial charge < -0.3 is 5.32 Å². The number of rotatable bonds is 4. The number of fused-ring (bicyclic) bond motifs is 1. The third-order valence-corrected chi connectivity index (χ3v) is 5.53. The van der Waals surface area contributed by atoms with Gasteiger partial charge in [-0.1, -0.05) is 32.3 Å². The Morgan fingerprint density at radius 1 is 1.25 bits per heavy atom. The van der Waals surface area contributed by atoms with Gasteiger partial charge in [-0.25, -0.2) is 4.39 Å². The molecule has 0 amide bonds. The quantitative estimate of drug-likeness (QED) is 0.809. The first-order valence-electron chi connectivity index (χ1n) is 7.70. The van der Waals surface area contributed by atoms with Gasteiger partial charge >= 0.3 is 0 Å². The molecular weight excluding hydrogens is 269 g/mol. The zero-order valence-corrected chi connectivity index (χ0v) is 12.8. The molecule has 0 radical (unpaired) electrons. The Morgan fingerprint density at radius 3 is 2.80 bits per heavy atom. The highest BCUT2D eigenvalue weighted by Crippen LogP contribution is 2.39. The number of nitrogens with one attached hydrogen (secondary N) is 1. The first kappa shape index (κ1) is 14.0. The van der Waals surface area contributed by atoms with Gasteiger partial charge in [-0.2, -0.15) is 0 Å². The fourth-order valence-corrected chi connectivity index (χ4v) is 4.62. The fourth-order valence-electron chi connectivity index (χ4n) is 3.37. The maximum atomic E-state index is 13.3. The summed E-state index contributed by atoms with van der Waals surface area (Å²) in [5, 5.41) is 4.83. The largest absolute Gasteiger partial charge is 0.309 e. The van der Waals surface area contributed by atoms with Crippen molar-refractivity contribution >= 4 is 21.4 Å². The molecule has 1 saturated carbocycles. The summed E-state index contributed by atoms with van der Waals surface area (Å²) in [4.78, 5) is 1.37. The molecule has 1 aromatic carbocycles. The van der Waals surface area contributed by atoms with Crippen LogP contribution in [0.5, 0.6) is 0 Å². The van der Waals surface area contributed by atoms with Crippen LogP contribution in [0.25, 0.3) is 10.1 Å². The van der Waals surface area contributed by atoms with Crippen LogP contribution in [-0.4, -0.2) is 6.54 Å². The molecule has 2 aromatic rings. The van der Waals surface area contributed by atoms with Crippen molar-refractivity contribution in [1.82, 2.24) is 5.32 Å². The summed E-state index contributed by atoms with van der Waals surface area (Å²) < 4.78 is 14.4. The van der Waals surface area contributed by atoms with E-state index in [1.807, 2.05) is 6.07 Å².